The van der Waals surface area contributed by atoms with Crippen molar-refractivity contribution < 1.29 is 4.79 Å². The van der Waals surface area contributed by atoms with Crippen LogP contribution in [0.15, 0.2) is 24.7 Å². The number of piperidine rings is 1. The number of nitrogens with one attached hydrogen (secondary N) is 1. The molecule has 1 aliphatic rings. The summed E-state index contributed by atoms with van der Waals surface area (Å²) in [6.45, 7) is 5.65. The van der Waals surface area contributed by atoms with Gasteiger partial charge in [0.25, 0.3) is 5.91 Å². The summed E-state index contributed by atoms with van der Waals surface area (Å²) < 4.78 is 2.29. The van der Waals surface area contributed by atoms with Crippen molar-refractivity contribution in [3.05, 3.63) is 41.7 Å². The number of hydrogen-bond acceptors (Lipinski definition) is 3. The van der Waals surface area contributed by atoms with Crippen LogP contribution < -0.4 is 0 Å². The van der Waals surface area contributed by atoms with Crippen LogP contribution in [0.2, 0.25) is 0 Å². The third-order valence-electron chi connectivity index (χ3n) is 5.08. The van der Waals surface area contributed by atoms with Crippen LogP contribution in [-0.4, -0.2) is 64.0 Å². The number of aromatic amines is 1. The summed E-state index contributed by atoms with van der Waals surface area (Å²) in [6, 6.07) is 1.88. The van der Waals surface area contributed by atoms with Gasteiger partial charge in [-0.2, -0.15) is 0 Å². The SMILES string of the molecule is Cc1[nH]ccc1C(=O)N1CCC(c2nccn2CCCN(C)C)CC1. The number of hydrogen-bond donors (Lipinski definition) is 1. The monoisotopic (exact) mass is 343 g/mol. The van der Waals surface area contributed by atoms with Crippen molar-refractivity contribution in [3.8, 4) is 0 Å². The van der Waals surface area contributed by atoms with Crippen LogP contribution >= 0.6 is 0 Å². The molecule has 6 nitrogen and oxygen atoms in total. The van der Waals surface area contributed by atoms with Gasteiger partial charge in [-0.3, -0.25) is 4.79 Å². The second-order valence-electron chi connectivity index (χ2n) is 7.22. The Kier molecular flexibility index (Phi) is 5.58. The first-order valence-electron chi connectivity index (χ1n) is 9.15. The van der Waals surface area contributed by atoms with Crippen molar-refractivity contribution in [2.45, 2.75) is 38.6 Å². The number of nitrogens with zero attached hydrogens (tertiary/aromatic N) is 4. The molecule has 1 amide bonds. The fourth-order valence-electron chi connectivity index (χ4n) is 3.62. The second kappa shape index (κ2) is 7.87. The minimum Gasteiger partial charge on any atom is -0.365 e. The molecule has 0 atom stereocenters. The van der Waals surface area contributed by atoms with Crippen molar-refractivity contribution in [1.82, 2.24) is 24.3 Å². The smallest absolute Gasteiger partial charge is 0.255 e. The third kappa shape index (κ3) is 4.12. The van der Waals surface area contributed by atoms with E-state index in [2.05, 4.69) is 39.7 Å². The van der Waals surface area contributed by atoms with Gasteiger partial charge < -0.3 is 19.4 Å². The number of aromatic nitrogens is 3. The molecular formula is C19H29N5O. The van der Waals surface area contributed by atoms with Gasteiger partial charge >= 0.3 is 0 Å². The Morgan fingerprint density at radius 1 is 1.36 bits per heavy atom. The van der Waals surface area contributed by atoms with E-state index in [9.17, 15) is 4.79 Å². The van der Waals surface area contributed by atoms with Gasteiger partial charge in [0.1, 0.15) is 5.82 Å². The molecular weight excluding hydrogens is 314 g/mol. The van der Waals surface area contributed by atoms with Gasteiger partial charge in [0, 0.05) is 49.8 Å². The number of aryl methyl sites for hydroxylation is 2. The van der Waals surface area contributed by atoms with Crippen molar-refractivity contribution in [2.75, 3.05) is 33.7 Å². The highest BCUT2D eigenvalue weighted by molar-refractivity contribution is 5.95. The standard InChI is InChI=1S/C19H29N5O/c1-15-17(5-8-20-15)19(25)24-12-6-16(7-13-24)18-21-9-14-23(18)11-4-10-22(2)3/h5,8-9,14,16,20H,4,6-7,10-13H2,1-3H3. The zero-order valence-corrected chi connectivity index (χ0v) is 15.5. The number of amides is 1. The van der Waals surface area contributed by atoms with E-state index in [0.717, 1.165) is 56.7 Å². The zero-order chi connectivity index (χ0) is 17.8. The summed E-state index contributed by atoms with van der Waals surface area (Å²) in [5.41, 5.74) is 1.74. The van der Waals surface area contributed by atoms with E-state index in [1.54, 1.807) is 0 Å². The van der Waals surface area contributed by atoms with Gasteiger partial charge in [0.05, 0.1) is 5.56 Å². The van der Waals surface area contributed by atoms with E-state index in [1.807, 2.05) is 30.3 Å². The molecule has 0 radical (unpaired) electrons. The summed E-state index contributed by atoms with van der Waals surface area (Å²) in [6.07, 6.45) is 8.93. The highest BCUT2D eigenvalue weighted by Gasteiger charge is 2.27. The largest absolute Gasteiger partial charge is 0.365 e. The molecule has 1 N–H and O–H groups in total. The van der Waals surface area contributed by atoms with Gasteiger partial charge in [-0.25, -0.2) is 4.98 Å². The summed E-state index contributed by atoms with van der Waals surface area (Å²) in [5, 5.41) is 0. The number of likely N-dealkylation sites (tertiary alicyclic amines) is 1. The van der Waals surface area contributed by atoms with E-state index >= 15 is 0 Å². The molecule has 1 fully saturated rings. The van der Waals surface area contributed by atoms with Gasteiger partial charge in [-0.1, -0.05) is 0 Å². The summed E-state index contributed by atoms with van der Waals surface area (Å²) in [5.74, 6) is 1.78. The lowest BCUT2D eigenvalue weighted by Crippen LogP contribution is -2.38. The van der Waals surface area contributed by atoms with E-state index in [0.29, 0.717) is 5.92 Å². The maximum absolute atomic E-state index is 12.6. The molecule has 25 heavy (non-hydrogen) atoms. The minimum atomic E-state index is 0.145. The molecule has 1 saturated heterocycles. The van der Waals surface area contributed by atoms with Crippen LogP contribution in [0.3, 0.4) is 0 Å². The first-order valence-corrected chi connectivity index (χ1v) is 9.15. The number of carbonyl (C=O) groups is 1. The number of H-pyrrole nitrogens is 1. The fraction of sp³-hybridized carbons (Fsp3) is 0.579. The first kappa shape index (κ1) is 17.7. The van der Waals surface area contributed by atoms with E-state index < -0.39 is 0 Å². The lowest BCUT2D eigenvalue weighted by molar-refractivity contribution is 0.0709. The Bertz CT molecular complexity index is 694. The lowest BCUT2D eigenvalue weighted by Gasteiger charge is -2.32. The first-order chi connectivity index (χ1) is 12.1. The Hall–Kier alpha value is -2.08. The van der Waals surface area contributed by atoms with E-state index in [4.69, 9.17) is 0 Å². The summed E-state index contributed by atoms with van der Waals surface area (Å²) in [4.78, 5) is 24.5. The average molecular weight is 343 g/mol. The molecule has 3 heterocycles. The molecule has 2 aromatic rings. The number of imidazole rings is 1. The topological polar surface area (TPSA) is 57.2 Å². The summed E-state index contributed by atoms with van der Waals surface area (Å²) in [7, 11) is 4.21. The Balaban J connectivity index is 1.57. The van der Waals surface area contributed by atoms with Crippen LogP contribution in [0, 0.1) is 6.92 Å². The highest BCUT2D eigenvalue weighted by Crippen LogP contribution is 2.28. The van der Waals surface area contributed by atoms with E-state index in [1.165, 1.54) is 5.82 Å². The van der Waals surface area contributed by atoms with Crippen molar-refractivity contribution in [3.63, 3.8) is 0 Å². The number of rotatable bonds is 6. The van der Waals surface area contributed by atoms with Crippen LogP contribution in [0.1, 0.15) is 47.1 Å². The normalized spacial score (nSPS) is 15.9. The average Bonchev–Trinajstić information content (AvgIpc) is 3.23. The summed E-state index contributed by atoms with van der Waals surface area (Å²) >= 11 is 0. The minimum absolute atomic E-state index is 0.145. The fourth-order valence-corrected chi connectivity index (χ4v) is 3.62. The lowest BCUT2D eigenvalue weighted by atomic mass is 9.95. The van der Waals surface area contributed by atoms with Gasteiger partial charge in [-0.15, -0.1) is 0 Å². The van der Waals surface area contributed by atoms with Gasteiger partial charge in [0.15, 0.2) is 0 Å². The van der Waals surface area contributed by atoms with Crippen molar-refractivity contribution in [1.29, 1.82) is 0 Å². The molecule has 0 bridgehead atoms. The van der Waals surface area contributed by atoms with Crippen molar-refractivity contribution >= 4 is 5.91 Å². The maximum atomic E-state index is 12.6. The molecule has 0 unspecified atom stereocenters. The van der Waals surface area contributed by atoms with Crippen molar-refractivity contribution in [2.24, 2.45) is 0 Å². The predicted molar refractivity (Wildman–Crippen MR) is 98.8 cm³/mol. The van der Waals surface area contributed by atoms with E-state index in [-0.39, 0.29) is 5.91 Å². The molecule has 0 saturated carbocycles. The zero-order valence-electron chi connectivity index (χ0n) is 15.5. The molecule has 0 spiro atoms. The quantitative estimate of drug-likeness (QED) is 0.877. The van der Waals surface area contributed by atoms with Crippen LogP contribution in [-0.2, 0) is 6.54 Å². The van der Waals surface area contributed by atoms with Crippen LogP contribution in [0.4, 0.5) is 0 Å². The van der Waals surface area contributed by atoms with Gasteiger partial charge in [-0.05, 0) is 52.9 Å². The molecule has 0 aromatic carbocycles. The third-order valence-corrected chi connectivity index (χ3v) is 5.08. The Morgan fingerprint density at radius 3 is 2.76 bits per heavy atom. The van der Waals surface area contributed by atoms with Gasteiger partial charge in [0.2, 0.25) is 0 Å². The molecule has 3 rings (SSSR count). The molecule has 6 heteroatoms. The molecule has 136 valence electrons. The molecule has 0 aliphatic carbocycles. The number of carbonyl (C=O) groups excluding carboxylic acids is 1. The molecule has 2 aromatic heterocycles. The molecule has 1 aliphatic heterocycles. The predicted octanol–water partition coefficient (Wildman–Crippen LogP) is 2.49. The van der Waals surface area contributed by atoms with Crippen LogP contribution in [0.25, 0.3) is 0 Å². The Labute approximate surface area is 149 Å². The Morgan fingerprint density at radius 2 is 2.12 bits per heavy atom. The highest BCUT2D eigenvalue weighted by atomic mass is 16.2. The second-order valence-corrected chi connectivity index (χ2v) is 7.22. The maximum Gasteiger partial charge on any atom is 0.255 e. The van der Waals surface area contributed by atoms with Crippen LogP contribution in [0.5, 0.6) is 0 Å².